The molecule has 1 atom stereocenters. The zero-order valence-electron chi connectivity index (χ0n) is 25.9. The molecule has 2 amide bonds. The van der Waals surface area contributed by atoms with Gasteiger partial charge in [-0.05, 0) is 43.7 Å². The number of nitrogens with one attached hydrogen (secondary N) is 1. The van der Waals surface area contributed by atoms with Crippen LogP contribution in [0.25, 0.3) is 0 Å². The largest absolute Gasteiger partial charge is 0.449 e. The Kier molecular flexibility index (Phi) is 14.1. The summed E-state index contributed by atoms with van der Waals surface area (Å²) in [5.41, 5.74) is -0.322. The second kappa shape index (κ2) is 17.3. The van der Waals surface area contributed by atoms with Crippen LogP contribution < -0.4 is 10.3 Å². The van der Waals surface area contributed by atoms with Crippen LogP contribution in [0.1, 0.15) is 78.1 Å². The molecule has 1 aliphatic rings. The first-order valence-corrected chi connectivity index (χ1v) is 18.6. The Labute approximate surface area is 284 Å². The molecule has 2 aromatic carbocycles. The Balaban J connectivity index is 1.64. The third kappa shape index (κ3) is 11.2. The molecule has 3 rings (SSSR count). The molecule has 0 aromatic heterocycles. The van der Waals surface area contributed by atoms with Gasteiger partial charge in [0.15, 0.2) is 6.04 Å². The number of halogens is 2. The number of ether oxygens (including phenoxy) is 1. The summed E-state index contributed by atoms with van der Waals surface area (Å²) in [4.78, 5) is 24.2. The van der Waals surface area contributed by atoms with E-state index in [1.165, 1.54) is 51.5 Å². The van der Waals surface area contributed by atoms with Gasteiger partial charge in [0.05, 0.1) is 28.1 Å². The zero-order valence-corrected chi connectivity index (χ0v) is 29.0. The number of hydrazone groups is 1. The number of rotatable bonds is 17. The maximum Gasteiger partial charge on any atom is 0.411 e. The Bertz CT molecular complexity index is 1740. The van der Waals surface area contributed by atoms with Crippen molar-refractivity contribution < 1.29 is 40.3 Å². The summed E-state index contributed by atoms with van der Waals surface area (Å²) in [6.07, 6.45) is 10.5. The Hall–Kier alpha value is -3.15. The number of amides is 2. The Morgan fingerprint density at radius 3 is 2.11 bits per heavy atom. The zero-order chi connectivity index (χ0) is 34.8. The number of benzene rings is 2. The van der Waals surface area contributed by atoms with Crippen LogP contribution in [0, 0.1) is 0 Å². The second-order valence-corrected chi connectivity index (χ2v) is 14.4. The average Bonchev–Trinajstić information content (AvgIpc) is 3.26. The van der Waals surface area contributed by atoms with Gasteiger partial charge in [0.2, 0.25) is 0 Å². The van der Waals surface area contributed by atoms with Crippen LogP contribution in [0.4, 0.5) is 21.9 Å². The standard InChI is InChI=1S/C29H37Cl2N5O9S2/c1-3-4-5-6-7-8-9-10-11-12-15-45-29(38)32-20-13-14-25(46(39,40)41)23(16-20)33-34-27-19(2)35-36(28(27)37)24-17-22(31)26(18-21(24)30)47(42,43)44/h13-14,16-18,27H,3-12,15H2,1-2H3,(H,32,38)(H,39,40,41)(H,42,43,44). The van der Waals surface area contributed by atoms with Gasteiger partial charge in [0, 0.05) is 5.69 Å². The van der Waals surface area contributed by atoms with Crippen LogP contribution in [-0.4, -0.2) is 56.3 Å². The minimum atomic E-state index is -4.79. The van der Waals surface area contributed by atoms with Crippen LogP contribution in [0.15, 0.2) is 55.5 Å². The SMILES string of the molecule is CCCCCCCCCCCCOC(=O)Nc1ccc(S(=O)(=O)O)c(N=NC2C(=O)N(c3cc(Cl)c(S(=O)(=O)O)cc3Cl)N=C2C)c1. The van der Waals surface area contributed by atoms with E-state index in [9.17, 15) is 35.5 Å². The topological polar surface area (TPSA) is 204 Å². The minimum absolute atomic E-state index is 0.0875. The summed E-state index contributed by atoms with van der Waals surface area (Å²) in [6, 6.07) is 3.85. The molecular weight excluding hydrogens is 697 g/mol. The summed E-state index contributed by atoms with van der Waals surface area (Å²) in [5, 5.41) is 14.4. The van der Waals surface area contributed by atoms with E-state index in [-0.39, 0.29) is 28.7 Å². The summed E-state index contributed by atoms with van der Waals surface area (Å²) in [5.74, 6) is -0.804. The molecule has 0 aliphatic carbocycles. The van der Waals surface area contributed by atoms with Crippen molar-refractivity contribution in [3.63, 3.8) is 0 Å². The van der Waals surface area contributed by atoms with E-state index in [0.717, 1.165) is 48.5 Å². The monoisotopic (exact) mass is 733 g/mol. The summed E-state index contributed by atoms with van der Waals surface area (Å²) in [6.45, 7) is 3.82. The molecule has 1 unspecified atom stereocenters. The van der Waals surface area contributed by atoms with Crippen molar-refractivity contribution in [2.75, 3.05) is 16.9 Å². The van der Waals surface area contributed by atoms with Crippen LogP contribution in [0.3, 0.4) is 0 Å². The molecule has 3 N–H and O–H groups in total. The highest BCUT2D eigenvalue weighted by molar-refractivity contribution is 7.86. The molecule has 18 heteroatoms. The highest BCUT2D eigenvalue weighted by Crippen LogP contribution is 2.37. The summed E-state index contributed by atoms with van der Waals surface area (Å²) >= 11 is 12.1. The van der Waals surface area contributed by atoms with Gasteiger partial charge >= 0.3 is 6.09 Å². The lowest BCUT2D eigenvalue weighted by atomic mass is 10.1. The fourth-order valence-electron chi connectivity index (χ4n) is 4.66. The first-order valence-electron chi connectivity index (χ1n) is 14.9. The predicted octanol–water partition coefficient (Wildman–Crippen LogP) is 7.83. The van der Waals surface area contributed by atoms with Crippen molar-refractivity contribution in [2.24, 2.45) is 15.3 Å². The highest BCUT2D eigenvalue weighted by Gasteiger charge is 2.36. The van der Waals surface area contributed by atoms with Gasteiger partial charge in [0.1, 0.15) is 15.5 Å². The molecule has 0 saturated heterocycles. The number of unbranched alkanes of at least 4 members (excludes halogenated alkanes) is 9. The fourth-order valence-corrected chi connectivity index (χ4v) is 6.59. The number of carbonyl (C=O) groups is 2. The van der Waals surface area contributed by atoms with Gasteiger partial charge < -0.3 is 4.74 Å². The number of anilines is 2. The highest BCUT2D eigenvalue weighted by atomic mass is 35.5. The number of hydrogen-bond acceptors (Lipinski definition) is 10. The molecule has 0 saturated carbocycles. The lowest BCUT2D eigenvalue weighted by Gasteiger charge is -2.15. The van der Waals surface area contributed by atoms with E-state index in [1.54, 1.807) is 0 Å². The number of carbonyl (C=O) groups excluding carboxylic acids is 2. The normalized spacial score (nSPS) is 15.4. The molecule has 1 aliphatic heterocycles. The van der Waals surface area contributed by atoms with Gasteiger partial charge in [-0.25, -0.2) is 4.79 Å². The maximum absolute atomic E-state index is 13.2. The van der Waals surface area contributed by atoms with E-state index in [1.807, 2.05) is 0 Å². The Morgan fingerprint density at radius 2 is 1.51 bits per heavy atom. The number of nitrogens with zero attached hydrogens (tertiary/aromatic N) is 4. The molecule has 47 heavy (non-hydrogen) atoms. The lowest BCUT2D eigenvalue weighted by Crippen LogP contribution is -2.30. The van der Waals surface area contributed by atoms with Crippen molar-refractivity contribution in [3.05, 3.63) is 40.4 Å². The van der Waals surface area contributed by atoms with Gasteiger partial charge in [-0.1, -0.05) is 87.9 Å². The molecule has 0 bridgehead atoms. The maximum atomic E-state index is 13.2. The minimum Gasteiger partial charge on any atom is -0.449 e. The number of hydrogen-bond donors (Lipinski definition) is 3. The van der Waals surface area contributed by atoms with Crippen LogP contribution in [0.5, 0.6) is 0 Å². The molecular formula is C29H37Cl2N5O9S2. The van der Waals surface area contributed by atoms with Crippen LogP contribution >= 0.6 is 23.2 Å². The van der Waals surface area contributed by atoms with E-state index >= 15 is 0 Å². The van der Waals surface area contributed by atoms with E-state index in [4.69, 9.17) is 27.9 Å². The lowest BCUT2D eigenvalue weighted by molar-refractivity contribution is -0.117. The van der Waals surface area contributed by atoms with Crippen molar-refractivity contribution in [2.45, 2.75) is 93.9 Å². The fraction of sp³-hybridized carbons (Fsp3) is 0.483. The van der Waals surface area contributed by atoms with E-state index in [2.05, 4.69) is 27.6 Å². The predicted molar refractivity (Wildman–Crippen MR) is 178 cm³/mol. The summed E-state index contributed by atoms with van der Waals surface area (Å²) < 4.78 is 71.3. The van der Waals surface area contributed by atoms with E-state index < -0.39 is 58.8 Å². The van der Waals surface area contributed by atoms with Crippen molar-refractivity contribution >= 4 is 78.2 Å². The third-order valence-corrected chi connectivity index (χ3v) is 9.62. The third-order valence-electron chi connectivity index (χ3n) is 7.10. The van der Waals surface area contributed by atoms with Gasteiger partial charge in [-0.2, -0.15) is 37.2 Å². The molecule has 2 aromatic rings. The van der Waals surface area contributed by atoms with Crippen LogP contribution in [0.2, 0.25) is 10.0 Å². The first-order chi connectivity index (χ1) is 22.1. The van der Waals surface area contributed by atoms with E-state index in [0.29, 0.717) is 6.42 Å². The smallest absolute Gasteiger partial charge is 0.411 e. The average molecular weight is 735 g/mol. The molecule has 14 nitrogen and oxygen atoms in total. The van der Waals surface area contributed by atoms with Crippen LogP contribution in [-0.2, 0) is 29.8 Å². The molecule has 0 radical (unpaired) electrons. The molecule has 0 spiro atoms. The van der Waals surface area contributed by atoms with Crippen molar-refractivity contribution in [1.82, 2.24) is 0 Å². The Morgan fingerprint density at radius 1 is 0.915 bits per heavy atom. The second-order valence-electron chi connectivity index (χ2n) is 10.8. The van der Waals surface area contributed by atoms with Crippen molar-refractivity contribution in [3.8, 4) is 0 Å². The van der Waals surface area contributed by atoms with Gasteiger partial charge in [-0.15, -0.1) is 0 Å². The van der Waals surface area contributed by atoms with Gasteiger partial charge in [0.25, 0.3) is 26.1 Å². The quantitative estimate of drug-likeness (QED) is 0.0821. The van der Waals surface area contributed by atoms with Crippen molar-refractivity contribution in [1.29, 1.82) is 0 Å². The van der Waals surface area contributed by atoms with Gasteiger partial charge in [-0.3, -0.25) is 19.2 Å². The molecule has 1 heterocycles. The first kappa shape index (κ1) is 38.3. The molecule has 0 fully saturated rings. The summed E-state index contributed by atoms with van der Waals surface area (Å²) in [7, 11) is -9.49. The molecule has 258 valence electrons. The number of azo groups is 1.